The molecule has 4 N–H and O–H groups in total. The van der Waals surface area contributed by atoms with Crippen LogP contribution in [0.1, 0.15) is 17.3 Å². The number of nitrogens with two attached hydrogens (primary N) is 2. The molecule has 0 aliphatic carbocycles. The molecule has 0 bridgehead atoms. The second kappa shape index (κ2) is 3.81. The summed E-state index contributed by atoms with van der Waals surface area (Å²) in [6, 6.07) is 5.14. The van der Waals surface area contributed by atoms with Gasteiger partial charge in [-0.15, -0.1) is 0 Å². The van der Waals surface area contributed by atoms with Crippen LogP contribution in [0.15, 0.2) is 18.3 Å². The van der Waals surface area contributed by atoms with Gasteiger partial charge in [-0.25, -0.2) is 4.98 Å². The van der Waals surface area contributed by atoms with Gasteiger partial charge < -0.3 is 11.5 Å². The fraction of sp³-hybridized carbons (Fsp3) is 0.250. The Morgan fingerprint density at radius 1 is 1.58 bits per heavy atom. The first-order valence-corrected chi connectivity index (χ1v) is 3.59. The Hall–Kier alpha value is -1.44. The lowest BCUT2D eigenvalue weighted by Gasteiger charge is -2.06. The van der Waals surface area contributed by atoms with Crippen LogP contribution in [0.25, 0.3) is 0 Å². The molecule has 1 heterocycles. The van der Waals surface area contributed by atoms with Crippen molar-refractivity contribution in [2.75, 3.05) is 6.54 Å². The average Bonchev–Trinajstić information content (AvgIpc) is 2.17. The van der Waals surface area contributed by atoms with E-state index in [0.717, 1.165) is 5.56 Å². The zero-order valence-corrected chi connectivity index (χ0v) is 6.57. The molecular formula is C8H10N4. The summed E-state index contributed by atoms with van der Waals surface area (Å²) < 4.78 is 0. The molecule has 4 nitrogen and oxygen atoms in total. The topological polar surface area (TPSA) is 88.7 Å². The Morgan fingerprint density at radius 2 is 2.33 bits per heavy atom. The minimum Gasteiger partial charge on any atom is -0.329 e. The van der Waals surface area contributed by atoms with Crippen molar-refractivity contribution in [3.8, 4) is 6.07 Å². The summed E-state index contributed by atoms with van der Waals surface area (Å²) in [7, 11) is 0. The van der Waals surface area contributed by atoms with Crippen LogP contribution >= 0.6 is 0 Å². The third-order valence-electron chi connectivity index (χ3n) is 1.58. The molecule has 62 valence electrons. The third kappa shape index (κ3) is 1.78. The van der Waals surface area contributed by atoms with Gasteiger partial charge >= 0.3 is 0 Å². The van der Waals surface area contributed by atoms with Crippen molar-refractivity contribution in [1.29, 1.82) is 5.26 Å². The molecule has 0 fully saturated rings. The van der Waals surface area contributed by atoms with Crippen molar-refractivity contribution in [2.45, 2.75) is 6.04 Å². The Balaban J connectivity index is 2.86. The molecule has 0 saturated carbocycles. The van der Waals surface area contributed by atoms with Gasteiger partial charge in [0.05, 0.1) is 0 Å². The average molecular weight is 162 g/mol. The minimum atomic E-state index is -0.190. The van der Waals surface area contributed by atoms with Gasteiger partial charge in [0, 0.05) is 18.8 Å². The number of nitrogens with zero attached hydrogens (tertiary/aromatic N) is 2. The summed E-state index contributed by atoms with van der Waals surface area (Å²) in [6.07, 6.45) is 1.58. The second-order valence-corrected chi connectivity index (χ2v) is 2.43. The molecule has 0 aromatic carbocycles. The molecule has 0 amide bonds. The normalized spacial score (nSPS) is 12.1. The lowest BCUT2D eigenvalue weighted by Crippen LogP contribution is -2.20. The highest BCUT2D eigenvalue weighted by Gasteiger charge is 2.02. The van der Waals surface area contributed by atoms with Crippen LogP contribution in [-0.4, -0.2) is 11.5 Å². The number of nitriles is 1. The van der Waals surface area contributed by atoms with Crippen molar-refractivity contribution in [2.24, 2.45) is 11.5 Å². The van der Waals surface area contributed by atoms with Gasteiger partial charge in [0.1, 0.15) is 11.8 Å². The van der Waals surface area contributed by atoms with Crippen LogP contribution in [0, 0.1) is 11.3 Å². The maximum Gasteiger partial charge on any atom is 0.140 e. The van der Waals surface area contributed by atoms with E-state index >= 15 is 0 Å². The maximum absolute atomic E-state index is 8.46. The molecule has 1 aromatic heterocycles. The summed E-state index contributed by atoms with van der Waals surface area (Å²) in [5, 5.41) is 8.46. The molecule has 1 aromatic rings. The zero-order valence-electron chi connectivity index (χ0n) is 6.57. The van der Waals surface area contributed by atoms with E-state index in [2.05, 4.69) is 4.98 Å². The Morgan fingerprint density at radius 3 is 2.75 bits per heavy atom. The van der Waals surface area contributed by atoms with E-state index in [0.29, 0.717) is 12.2 Å². The predicted octanol–water partition coefficient (Wildman–Crippen LogP) is -0.0882. The first-order valence-electron chi connectivity index (χ1n) is 3.59. The fourth-order valence-corrected chi connectivity index (χ4v) is 0.827. The Bertz CT molecular complexity index is 285. The van der Waals surface area contributed by atoms with E-state index in [4.69, 9.17) is 16.7 Å². The van der Waals surface area contributed by atoms with E-state index < -0.39 is 0 Å². The van der Waals surface area contributed by atoms with Gasteiger partial charge in [0.25, 0.3) is 0 Å². The Labute approximate surface area is 70.8 Å². The van der Waals surface area contributed by atoms with Crippen LogP contribution in [0.5, 0.6) is 0 Å². The van der Waals surface area contributed by atoms with Crippen LogP contribution in [0.2, 0.25) is 0 Å². The van der Waals surface area contributed by atoms with Crippen molar-refractivity contribution in [3.63, 3.8) is 0 Å². The Kier molecular flexibility index (Phi) is 2.75. The molecule has 0 aliphatic heterocycles. The van der Waals surface area contributed by atoms with Gasteiger partial charge in [-0.05, 0) is 11.6 Å². The molecule has 0 radical (unpaired) electrons. The summed E-state index contributed by atoms with van der Waals surface area (Å²) in [6.45, 7) is 0.383. The number of aromatic nitrogens is 1. The number of hydrogen-bond donors (Lipinski definition) is 2. The molecule has 12 heavy (non-hydrogen) atoms. The predicted molar refractivity (Wildman–Crippen MR) is 44.9 cm³/mol. The van der Waals surface area contributed by atoms with Crippen molar-refractivity contribution in [1.82, 2.24) is 4.98 Å². The first-order chi connectivity index (χ1) is 5.77. The van der Waals surface area contributed by atoms with Gasteiger partial charge in [0.2, 0.25) is 0 Å². The molecule has 1 rings (SSSR count). The van der Waals surface area contributed by atoms with Crippen molar-refractivity contribution < 1.29 is 0 Å². The smallest absolute Gasteiger partial charge is 0.140 e. The van der Waals surface area contributed by atoms with E-state index in [1.54, 1.807) is 18.3 Å². The number of hydrogen-bond acceptors (Lipinski definition) is 4. The summed E-state index contributed by atoms with van der Waals surface area (Å²) in [5.41, 5.74) is 12.2. The molecule has 0 aliphatic rings. The lowest BCUT2D eigenvalue weighted by molar-refractivity contribution is 0.732. The molecule has 0 spiro atoms. The van der Waals surface area contributed by atoms with Crippen LogP contribution < -0.4 is 11.5 Å². The van der Waals surface area contributed by atoms with Gasteiger partial charge in [-0.3, -0.25) is 0 Å². The molecular weight excluding hydrogens is 152 g/mol. The molecule has 0 saturated heterocycles. The monoisotopic (exact) mass is 162 g/mol. The van der Waals surface area contributed by atoms with E-state index in [1.807, 2.05) is 6.07 Å². The van der Waals surface area contributed by atoms with Crippen LogP contribution in [0.4, 0.5) is 0 Å². The van der Waals surface area contributed by atoms with E-state index in [9.17, 15) is 0 Å². The fourth-order valence-electron chi connectivity index (χ4n) is 0.827. The highest BCUT2D eigenvalue weighted by Crippen LogP contribution is 2.06. The molecule has 1 unspecified atom stereocenters. The third-order valence-corrected chi connectivity index (χ3v) is 1.58. The minimum absolute atomic E-state index is 0.190. The SMILES string of the molecule is N#Cc1ccc(C(N)CN)cn1. The number of rotatable bonds is 2. The largest absolute Gasteiger partial charge is 0.329 e. The first kappa shape index (κ1) is 8.65. The quantitative estimate of drug-likeness (QED) is 0.636. The second-order valence-electron chi connectivity index (χ2n) is 2.43. The van der Waals surface area contributed by atoms with Gasteiger partial charge in [0.15, 0.2) is 0 Å². The molecule has 4 heteroatoms. The lowest BCUT2D eigenvalue weighted by atomic mass is 10.1. The zero-order chi connectivity index (χ0) is 8.97. The summed E-state index contributed by atoms with van der Waals surface area (Å²) in [5.74, 6) is 0. The standard InChI is InChI=1S/C8H10N4/c9-3-7-2-1-6(5-12-7)8(11)4-10/h1-2,5,8H,4,10-11H2. The summed E-state index contributed by atoms with van der Waals surface area (Å²) >= 11 is 0. The van der Waals surface area contributed by atoms with Crippen LogP contribution in [0.3, 0.4) is 0 Å². The summed E-state index contributed by atoms with van der Waals surface area (Å²) in [4.78, 5) is 3.87. The van der Waals surface area contributed by atoms with E-state index in [1.165, 1.54) is 0 Å². The highest BCUT2D eigenvalue weighted by molar-refractivity contribution is 5.24. The van der Waals surface area contributed by atoms with Gasteiger partial charge in [-0.2, -0.15) is 5.26 Å². The highest BCUT2D eigenvalue weighted by atomic mass is 14.7. The maximum atomic E-state index is 8.46. The van der Waals surface area contributed by atoms with Crippen molar-refractivity contribution in [3.05, 3.63) is 29.6 Å². The van der Waals surface area contributed by atoms with Crippen molar-refractivity contribution >= 4 is 0 Å². The van der Waals surface area contributed by atoms with Crippen LogP contribution in [-0.2, 0) is 0 Å². The van der Waals surface area contributed by atoms with E-state index in [-0.39, 0.29) is 6.04 Å². The molecule has 1 atom stereocenters. The number of pyridine rings is 1. The van der Waals surface area contributed by atoms with Gasteiger partial charge in [-0.1, -0.05) is 6.07 Å².